The highest BCUT2D eigenvalue weighted by Gasteiger charge is 2.21. The van der Waals surface area contributed by atoms with Gasteiger partial charge >= 0.3 is 0 Å². The number of carbonyl (C=O) groups is 2. The Hall–Kier alpha value is -2.24. The Morgan fingerprint density at radius 2 is 1.82 bits per heavy atom. The number of nitrogens with zero attached hydrogens (tertiary/aromatic N) is 1. The van der Waals surface area contributed by atoms with Gasteiger partial charge in [-0.05, 0) is 32.9 Å². The average molecular weight is 308 g/mol. The quantitative estimate of drug-likeness (QED) is 0.899. The molecule has 0 saturated carbocycles. The molecule has 122 valence electrons. The van der Waals surface area contributed by atoms with Crippen molar-refractivity contribution in [3.63, 3.8) is 0 Å². The Balaban J connectivity index is 2.85. The Bertz CT molecular complexity index is 550. The van der Waals surface area contributed by atoms with Crippen LogP contribution in [-0.2, 0) is 4.79 Å². The zero-order chi connectivity index (χ0) is 16.9. The Morgan fingerprint density at radius 3 is 2.32 bits per heavy atom. The van der Waals surface area contributed by atoms with Gasteiger partial charge in [0.05, 0.1) is 26.3 Å². The lowest BCUT2D eigenvalue weighted by Crippen LogP contribution is -2.46. The lowest BCUT2D eigenvalue weighted by atomic mass is 10.1. The maximum Gasteiger partial charge on any atom is 0.257 e. The van der Waals surface area contributed by atoms with E-state index in [4.69, 9.17) is 9.47 Å². The standard InChI is InChI=1S/C16H24N2O4/c1-16(2,3)17-14(19)10-18(4)15(20)12-8-7-11(21-5)9-13(12)22-6/h7-9H,10H2,1-6H3,(H,17,19). The first kappa shape index (κ1) is 17.8. The van der Waals surface area contributed by atoms with Crippen LogP contribution in [0.4, 0.5) is 0 Å². The molecule has 2 amide bonds. The third kappa shape index (κ3) is 4.95. The summed E-state index contributed by atoms with van der Waals surface area (Å²) in [4.78, 5) is 25.7. The molecule has 0 aliphatic carbocycles. The summed E-state index contributed by atoms with van der Waals surface area (Å²) in [5, 5.41) is 2.82. The molecule has 0 fully saturated rings. The van der Waals surface area contributed by atoms with E-state index in [0.29, 0.717) is 17.1 Å². The van der Waals surface area contributed by atoms with Gasteiger partial charge < -0.3 is 19.7 Å². The highest BCUT2D eigenvalue weighted by atomic mass is 16.5. The van der Waals surface area contributed by atoms with Gasteiger partial charge in [0.15, 0.2) is 0 Å². The second-order valence-corrected chi connectivity index (χ2v) is 6.03. The molecule has 1 aromatic rings. The number of benzene rings is 1. The molecular formula is C16H24N2O4. The highest BCUT2D eigenvalue weighted by molar-refractivity contribution is 5.98. The fourth-order valence-corrected chi connectivity index (χ4v) is 1.93. The smallest absolute Gasteiger partial charge is 0.257 e. The van der Waals surface area contributed by atoms with E-state index in [1.54, 1.807) is 32.4 Å². The predicted octanol–water partition coefficient (Wildman–Crippen LogP) is 1.69. The molecule has 0 unspecified atom stereocenters. The number of methoxy groups -OCH3 is 2. The molecule has 0 spiro atoms. The number of carbonyl (C=O) groups excluding carboxylic acids is 2. The summed E-state index contributed by atoms with van der Waals surface area (Å²) in [5.41, 5.74) is 0.0491. The number of nitrogens with one attached hydrogen (secondary N) is 1. The van der Waals surface area contributed by atoms with Gasteiger partial charge in [0.2, 0.25) is 5.91 Å². The molecule has 6 nitrogen and oxygen atoms in total. The summed E-state index contributed by atoms with van der Waals surface area (Å²) in [6.07, 6.45) is 0. The Kier molecular flexibility index (Phi) is 5.79. The fraction of sp³-hybridized carbons (Fsp3) is 0.500. The van der Waals surface area contributed by atoms with Crippen molar-refractivity contribution in [3.8, 4) is 11.5 Å². The first-order valence-electron chi connectivity index (χ1n) is 6.96. The Labute approximate surface area is 131 Å². The van der Waals surface area contributed by atoms with Crippen molar-refractivity contribution in [2.75, 3.05) is 27.8 Å². The maximum absolute atomic E-state index is 12.5. The first-order valence-corrected chi connectivity index (χ1v) is 6.96. The van der Waals surface area contributed by atoms with E-state index in [2.05, 4.69) is 5.32 Å². The summed E-state index contributed by atoms with van der Waals surface area (Å²) in [6, 6.07) is 4.94. The molecular weight excluding hydrogens is 284 g/mol. The van der Waals surface area contributed by atoms with Crippen molar-refractivity contribution in [1.29, 1.82) is 0 Å². The van der Waals surface area contributed by atoms with E-state index in [1.807, 2.05) is 20.8 Å². The topological polar surface area (TPSA) is 67.9 Å². The normalized spacial score (nSPS) is 10.8. The van der Waals surface area contributed by atoms with Gasteiger partial charge in [0.1, 0.15) is 11.5 Å². The Morgan fingerprint density at radius 1 is 1.18 bits per heavy atom. The number of rotatable bonds is 5. The van der Waals surface area contributed by atoms with Crippen molar-refractivity contribution in [2.24, 2.45) is 0 Å². The molecule has 1 aromatic carbocycles. The van der Waals surface area contributed by atoms with Gasteiger partial charge in [-0.1, -0.05) is 0 Å². The summed E-state index contributed by atoms with van der Waals surface area (Å²) in [7, 11) is 4.60. The van der Waals surface area contributed by atoms with Crippen molar-refractivity contribution in [3.05, 3.63) is 23.8 Å². The first-order chi connectivity index (χ1) is 10.2. The van der Waals surface area contributed by atoms with Gasteiger partial charge in [-0.3, -0.25) is 9.59 Å². The van der Waals surface area contributed by atoms with Crippen LogP contribution in [0.15, 0.2) is 18.2 Å². The molecule has 0 aliphatic heterocycles. The third-order valence-corrected chi connectivity index (χ3v) is 2.88. The third-order valence-electron chi connectivity index (χ3n) is 2.88. The summed E-state index contributed by atoms with van der Waals surface area (Å²) < 4.78 is 10.3. The van der Waals surface area contributed by atoms with Crippen molar-refractivity contribution < 1.29 is 19.1 Å². The van der Waals surface area contributed by atoms with Crippen LogP contribution < -0.4 is 14.8 Å². The van der Waals surface area contributed by atoms with Gasteiger partial charge in [0, 0.05) is 18.7 Å². The van der Waals surface area contributed by atoms with Crippen LogP contribution in [0, 0.1) is 0 Å². The number of amides is 2. The van der Waals surface area contributed by atoms with Gasteiger partial charge in [-0.25, -0.2) is 0 Å². The number of ether oxygens (including phenoxy) is 2. The zero-order valence-electron chi connectivity index (χ0n) is 14.0. The lowest BCUT2D eigenvalue weighted by Gasteiger charge is -2.23. The average Bonchev–Trinajstić information content (AvgIpc) is 2.43. The van der Waals surface area contributed by atoms with E-state index < -0.39 is 0 Å². The minimum atomic E-state index is -0.335. The molecule has 0 bridgehead atoms. The number of hydrogen-bond acceptors (Lipinski definition) is 4. The summed E-state index contributed by atoms with van der Waals surface area (Å²) in [6.45, 7) is 5.64. The van der Waals surface area contributed by atoms with E-state index in [-0.39, 0.29) is 23.9 Å². The van der Waals surface area contributed by atoms with Crippen molar-refractivity contribution in [1.82, 2.24) is 10.2 Å². The molecule has 22 heavy (non-hydrogen) atoms. The minimum absolute atomic E-state index is 0.0225. The maximum atomic E-state index is 12.5. The molecule has 0 saturated heterocycles. The van der Waals surface area contributed by atoms with Gasteiger partial charge in [0.25, 0.3) is 5.91 Å². The number of likely N-dealkylation sites (N-methyl/N-ethyl adjacent to an activating group) is 1. The predicted molar refractivity (Wildman–Crippen MR) is 84.4 cm³/mol. The van der Waals surface area contributed by atoms with Crippen LogP contribution in [-0.4, -0.2) is 50.1 Å². The van der Waals surface area contributed by atoms with Crippen LogP contribution in [0.5, 0.6) is 11.5 Å². The minimum Gasteiger partial charge on any atom is -0.497 e. The lowest BCUT2D eigenvalue weighted by molar-refractivity contribution is -0.122. The molecule has 0 aromatic heterocycles. The molecule has 1 rings (SSSR count). The van der Waals surface area contributed by atoms with Crippen LogP contribution in [0.25, 0.3) is 0 Å². The monoisotopic (exact) mass is 308 g/mol. The van der Waals surface area contributed by atoms with Crippen LogP contribution in [0.1, 0.15) is 31.1 Å². The summed E-state index contributed by atoms with van der Waals surface area (Å²) in [5.74, 6) is 0.508. The largest absolute Gasteiger partial charge is 0.497 e. The van der Waals surface area contributed by atoms with E-state index in [0.717, 1.165) is 0 Å². The molecule has 0 heterocycles. The molecule has 0 radical (unpaired) electrons. The molecule has 6 heteroatoms. The van der Waals surface area contributed by atoms with Crippen LogP contribution in [0.2, 0.25) is 0 Å². The van der Waals surface area contributed by atoms with Crippen LogP contribution in [0.3, 0.4) is 0 Å². The van der Waals surface area contributed by atoms with Gasteiger partial charge in [-0.2, -0.15) is 0 Å². The molecule has 0 aliphatic rings. The number of hydrogen-bond donors (Lipinski definition) is 1. The SMILES string of the molecule is COc1ccc(C(=O)N(C)CC(=O)NC(C)(C)C)c(OC)c1. The van der Waals surface area contributed by atoms with Gasteiger partial charge in [-0.15, -0.1) is 0 Å². The molecule has 1 N–H and O–H groups in total. The zero-order valence-corrected chi connectivity index (χ0v) is 14.0. The van der Waals surface area contributed by atoms with E-state index in [1.165, 1.54) is 12.0 Å². The van der Waals surface area contributed by atoms with Crippen molar-refractivity contribution in [2.45, 2.75) is 26.3 Å². The highest BCUT2D eigenvalue weighted by Crippen LogP contribution is 2.25. The second kappa shape index (κ2) is 7.15. The van der Waals surface area contributed by atoms with Crippen molar-refractivity contribution >= 4 is 11.8 Å². The van der Waals surface area contributed by atoms with E-state index in [9.17, 15) is 9.59 Å². The molecule has 0 atom stereocenters. The van der Waals surface area contributed by atoms with E-state index >= 15 is 0 Å². The van der Waals surface area contributed by atoms with Crippen LogP contribution >= 0.6 is 0 Å². The summed E-state index contributed by atoms with van der Waals surface area (Å²) >= 11 is 0. The second-order valence-electron chi connectivity index (χ2n) is 6.03. The fourth-order valence-electron chi connectivity index (χ4n) is 1.93.